The minimum absolute atomic E-state index is 0.0298. The zero-order valence-electron chi connectivity index (χ0n) is 16.6. The maximum absolute atomic E-state index is 12.6. The van der Waals surface area contributed by atoms with Crippen LogP contribution in [-0.2, 0) is 22.7 Å². The lowest BCUT2D eigenvalue weighted by Crippen LogP contribution is -2.42. The third kappa shape index (κ3) is 5.09. The molecule has 0 spiro atoms. The van der Waals surface area contributed by atoms with Crippen LogP contribution < -0.4 is 10.2 Å². The van der Waals surface area contributed by atoms with Gasteiger partial charge in [-0.05, 0) is 24.5 Å². The van der Waals surface area contributed by atoms with E-state index in [0.29, 0.717) is 19.6 Å². The molecule has 0 saturated carbocycles. The standard InChI is InChI=1S/C22H28N4O2/c1-17(27)26-13-10-19(11-14-26)22(28)24-15-20-9-6-12-23-21(20)25(2)16-18-7-4-3-5-8-18/h3-9,12,19H,10-11,13-16H2,1-2H3,(H,24,28). The van der Waals surface area contributed by atoms with E-state index in [1.807, 2.05) is 42.3 Å². The minimum Gasteiger partial charge on any atom is -0.355 e. The van der Waals surface area contributed by atoms with Gasteiger partial charge in [0, 0.05) is 57.8 Å². The molecule has 0 atom stereocenters. The summed E-state index contributed by atoms with van der Waals surface area (Å²) < 4.78 is 0. The van der Waals surface area contributed by atoms with Crippen LogP contribution in [0.1, 0.15) is 30.9 Å². The Morgan fingerprint density at radius 1 is 1.14 bits per heavy atom. The van der Waals surface area contributed by atoms with Gasteiger partial charge < -0.3 is 15.1 Å². The number of benzene rings is 1. The molecule has 2 aromatic rings. The Bertz CT molecular complexity index is 801. The SMILES string of the molecule is CC(=O)N1CCC(C(=O)NCc2cccnc2N(C)Cc2ccccc2)CC1. The van der Waals surface area contributed by atoms with Crippen molar-refractivity contribution in [2.45, 2.75) is 32.9 Å². The third-order valence-corrected chi connectivity index (χ3v) is 5.26. The van der Waals surface area contributed by atoms with Gasteiger partial charge in [0.1, 0.15) is 5.82 Å². The number of hydrogen-bond acceptors (Lipinski definition) is 4. The molecule has 1 N–H and O–H groups in total. The van der Waals surface area contributed by atoms with Crippen molar-refractivity contribution in [1.29, 1.82) is 0 Å². The van der Waals surface area contributed by atoms with Gasteiger partial charge in [-0.1, -0.05) is 36.4 Å². The highest BCUT2D eigenvalue weighted by atomic mass is 16.2. The van der Waals surface area contributed by atoms with E-state index >= 15 is 0 Å². The van der Waals surface area contributed by atoms with Crippen molar-refractivity contribution < 1.29 is 9.59 Å². The van der Waals surface area contributed by atoms with Crippen LogP contribution in [0.3, 0.4) is 0 Å². The van der Waals surface area contributed by atoms with E-state index < -0.39 is 0 Å². The van der Waals surface area contributed by atoms with Crippen LogP contribution in [0.2, 0.25) is 0 Å². The van der Waals surface area contributed by atoms with Crippen molar-refractivity contribution in [2.75, 3.05) is 25.0 Å². The summed E-state index contributed by atoms with van der Waals surface area (Å²) >= 11 is 0. The molecule has 0 bridgehead atoms. The van der Waals surface area contributed by atoms with Gasteiger partial charge in [0.05, 0.1) is 0 Å². The maximum Gasteiger partial charge on any atom is 0.223 e. The Hall–Kier alpha value is -2.89. The first kappa shape index (κ1) is 19.9. The number of pyridine rings is 1. The van der Waals surface area contributed by atoms with Crippen molar-refractivity contribution in [3.05, 3.63) is 59.8 Å². The fraction of sp³-hybridized carbons (Fsp3) is 0.409. The number of carbonyl (C=O) groups is 2. The van der Waals surface area contributed by atoms with Crippen molar-refractivity contribution in [2.24, 2.45) is 5.92 Å². The number of amides is 2. The van der Waals surface area contributed by atoms with Crippen LogP contribution in [0.15, 0.2) is 48.7 Å². The van der Waals surface area contributed by atoms with E-state index in [1.165, 1.54) is 5.56 Å². The van der Waals surface area contributed by atoms with Gasteiger partial charge in [-0.2, -0.15) is 0 Å². The number of piperidine rings is 1. The molecule has 148 valence electrons. The summed E-state index contributed by atoms with van der Waals surface area (Å²) in [6.07, 6.45) is 3.22. The second-order valence-corrected chi connectivity index (χ2v) is 7.33. The lowest BCUT2D eigenvalue weighted by Gasteiger charge is -2.30. The zero-order valence-corrected chi connectivity index (χ0v) is 16.6. The number of rotatable bonds is 6. The molecule has 28 heavy (non-hydrogen) atoms. The Labute approximate surface area is 166 Å². The molecular weight excluding hydrogens is 352 g/mol. The fourth-order valence-electron chi connectivity index (χ4n) is 3.63. The van der Waals surface area contributed by atoms with Crippen LogP contribution in [0.4, 0.5) is 5.82 Å². The molecule has 1 aliphatic heterocycles. The van der Waals surface area contributed by atoms with Gasteiger partial charge in [-0.15, -0.1) is 0 Å². The minimum atomic E-state index is -0.0298. The van der Waals surface area contributed by atoms with Crippen molar-refractivity contribution >= 4 is 17.6 Å². The quantitative estimate of drug-likeness (QED) is 0.837. The lowest BCUT2D eigenvalue weighted by molar-refractivity contribution is -0.134. The molecule has 1 aromatic carbocycles. The predicted molar refractivity (Wildman–Crippen MR) is 110 cm³/mol. The number of carbonyl (C=O) groups excluding carboxylic acids is 2. The number of aromatic nitrogens is 1. The van der Waals surface area contributed by atoms with Crippen molar-refractivity contribution in [1.82, 2.24) is 15.2 Å². The van der Waals surface area contributed by atoms with E-state index in [2.05, 4.69) is 27.3 Å². The zero-order chi connectivity index (χ0) is 19.9. The average Bonchev–Trinajstić information content (AvgIpc) is 2.73. The second-order valence-electron chi connectivity index (χ2n) is 7.33. The highest BCUT2D eigenvalue weighted by molar-refractivity contribution is 5.79. The topological polar surface area (TPSA) is 65.5 Å². The van der Waals surface area contributed by atoms with Gasteiger partial charge in [0.2, 0.25) is 11.8 Å². The number of hydrogen-bond donors (Lipinski definition) is 1. The Morgan fingerprint density at radius 2 is 1.86 bits per heavy atom. The van der Waals surface area contributed by atoms with Crippen LogP contribution in [0, 0.1) is 5.92 Å². The van der Waals surface area contributed by atoms with Gasteiger partial charge in [-0.3, -0.25) is 9.59 Å². The smallest absolute Gasteiger partial charge is 0.223 e. The monoisotopic (exact) mass is 380 g/mol. The van der Waals surface area contributed by atoms with Gasteiger partial charge in [0.15, 0.2) is 0 Å². The number of likely N-dealkylation sites (tertiary alicyclic amines) is 1. The highest BCUT2D eigenvalue weighted by Crippen LogP contribution is 2.20. The van der Waals surface area contributed by atoms with Crippen LogP contribution >= 0.6 is 0 Å². The number of anilines is 1. The summed E-state index contributed by atoms with van der Waals surface area (Å²) in [7, 11) is 2.01. The van der Waals surface area contributed by atoms with Gasteiger partial charge in [0.25, 0.3) is 0 Å². The maximum atomic E-state index is 12.6. The molecule has 6 heteroatoms. The van der Waals surface area contributed by atoms with Gasteiger partial charge in [-0.25, -0.2) is 4.98 Å². The predicted octanol–water partition coefficient (Wildman–Crippen LogP) is 2.59. The molecule has 0 aliphatic carbocycles. The molecule has 1 aromatic heterocycles. The first-order chi connectivity index (χ1) is 13.5. The molecule has 1 fully saturated rings. The van der Waals surface area contributed by atoms with Crippen LogP contribution in [-0.4, -0.2) is 41.8 Å². The molecule has 0 radical (unpaired) electrons. The van der Waals surface area contributed by atoms with Crippen molar-refractivity contribution in [3.63, 3.8) is 0 Å². The van der Waals surface area contributed by atoms with Crippen LogP contribution in [0.25, 0.3) is 0 Å². The first-order valence-corrected chi connectivity index (χ1v) is 9.77. The summed E-state index contributed by atoms with van der Waals surface area (Å²) in [5.74, 6) is 0.986. The largest absolute Gasteiger partial charge is 0.355 e. The van der Waals surface area contributed by atoms with E-state index in [-0.39, 0.29) is 17.7 Å². The third-order valence-electron chi connectivity index (χ3n) is 5.26. The molecule has 6 nitrogen and oxygen atoms in total. The van der Waals surface area contributed by atoms with E-state index in [0.717, 1.165) is 30.8 Å². The lowest BCUT2D eigenvalue weighted by atomic mass is 9.96. The van der Waals surface area contributed by atoms with Gasteiger partial charge >= 0.3 is 0 Å². The molecule has 3 rings (SSSR count). The first-order valence-electron chi connectivity index (χ1n) is 9.77. The molecule has 0 unspecified atom stereocenters. The summed E-state index contributed by atoms with van der Waals surface area (Å²) in [4.78, 5) is 32.4. The fourth-order valence-corrected chi connectivity index (χ4v) is 3.63. The molecule has 1 saturated heterocycles. The summed E-state index contributed by atoms with van der Waals surface area (Å²) in [6, 6.07) is 14.1. The average molecular weight is 380 g/mol. The Morgan fingerprint density at radius 3 is 2.54 bits per heavy atom. The second kappa shape index (κ2) is 9.35. The highest BCUT2D eigenvalue weighted by Gasteiger charge is 2.26. The Balaban J connectivity index is 1.57. The Kier molecular flexibility index (Phi) is 6.63. The summed E-state index contributed by atoms with van der Waals surface area (Å²) in [6.45, 7) is 4.10. The number of nitrogens with zero attached hydrogens (tertiary/aromatic N) is 3. The molecule has 2 amide bonds. The number of nitrogens with one attached hydrogen (secondary N) is 1. The summed E-state index contributed by atoms with van der Waals surface area (Å²) in [5.41, 5.74) is 2.21. The molecule has 2 heterocycles. The van der Waals surface area contributed by atoms with Crippen molar-refractivity contribution in [3.8, 4) is 0 Å². The van der Waals surface area contributed by atoms with E-state index in [4.69, 9.17) is 0 Å². The molecule has 1 aliphatic rings. The summed E-state index contributed by atoms with van der Waals surface area (Å²) in [5, 5.41) is 3.06. The van der Waals surface area contributed by atoms with E-state index in [9.17, 15) is 9.59 Å². The van der Waals surface area contributed by atoms with Crippen LogP contribution in [0.5, 0.6) is 0 Å². The normalized spacial score (nSPS) is 14.6. The molecular formula is C22H28N4O2. The van der Waals surface area contributed by atoms with E-state index in [1.54, 1.807) is 13.1 Å².